The number of likely N-dealkylation sites (N-methyl/N-ethyl adjacent to an activating group) is 1. The molecular weight excluding hydrogens is 226 g/mol. The number of hydrogen-bond donors (Lipinski definition) is 1. The molecule has 0 saturated carbocycles. The first kappa shape index (κ1) is 12.9. The van der Waals surface area contributed by atoms with Gasteiger partial charge in [-0.3, -0.25) is 9.80 Å². The summed E-state index contributed by atoms with van der Waals surface area (Å²) in [6.45, 7) is 6.99. The van der Waals surface area contributed by atoms with E-state index in [1.165, 1.54) is 45.3 Å². The average Bonchev–Trinajstić information content (AvgIpc) is 2.86. The lowest BCUT2D eigenvalue weighted by molar-refractivity contribution is -0.0635. The summed E-state index contributed by atoms with van der Waals surface area (Å²) >= 11 is 0. The SMILES string of the molecule is CNC1CCCN(CC2CN3CCCC3CO2)C1. The highest BCUT2D eigenvalue weighted by molar-refractivity contribution is 4.87. The van der Waals surface area contributed by atoms with E-state index in [9.17, 15) is 0 Å². The summed E-state index contributed by atoms with van der Waals surface area (Å²) in [4.78, 5) is 5.24. The Bertz CT molecular complexity index is 274. The van der Waals surface area contributed by atoms with Gasteiger partial charge in [-0.25, -0.2) is 0 Å². The normalized spacial score (nSPS) is 38.8. The minimum atomic E-state index is 0.440. The van der Waals surface area contributed by atoms with Crippen LogP contribution in [0.25, 0.3) is 0 Å². The molecule has 0 bridgehead atoms. The van der Waals surface area contributed by atoms with Crippen LogP contribution in [0.15, 0.2) is 0 Å². The summed E-state index contributed by atoms with van der Waals surface area (Å²) in [7, 11) is 2.08. The predicted molar refractivity (Wildman–Crippen MR) is 72.9 cm³/mol. The predicted octanol–water partition coefficient (Wildman–Crippen LogP) is 0.533. The molecule has 0 aromatic rings. The van der Waals surface area contributed by atoms with Gasteiger partial charge in [0.1, 0.15) is 0 Å². The van der Waals surface area contributed by atoms with Gasteiger partial charge in [0.25, 0.3) is 0 Å². The fourth-order valence-electron chi connectivity index (χ4n) is 3.74. The van der Waals surface area contributed by atoms with E-state index in [-0.39, 0.29) is 0 Å². The third-order valence-electron chi connectivity index (χ3n) is 4.84. The Morgan fingerprint density at radius 3 is 2.94 bits per heavy atom. The second kappa shape index (κ2) is 5.87. The first-order chi connectivity index (χ1) is 8.85. The van der Waals surface area contributed by atoms with Crippen molar-refractivity contribution in [2.75, 3.05) is 46.4 Å². The van der Waals surface area contributed by atoms with E-state index in [1.54, 1.807) is 0 Å². The third-order valence-corrected chi connectivity index (χ3v) is 4.84. The summed E-state index contributed by atoms with van der Waals surface area (Å²) in [6, 6.07) is 1.41. The monoisotopic (exact) mass is 253 g/mol. The molecule has 3 unspecified atom stereocenters. The second-order valence-electron chi connectivity index (χ2n) is 6.13. The van der Waals surface area contributed by atoms with Gasteiger partial charge < -0.3 is 10.1 Å². The maximum atomic E-state index is 6.06. The molecular formula is C14H27N3O. The first-order valence-electron chi connectivity index (χ1n) is 7.60. The highest BCUT2D eigenvalue weighted by atomic mass is 16.5. The van der Waals surface area contributed by atoms with Crippen molar-refractivity contribution < 1.29 is 4.74 Å². The number of ether oxygens (including phenoxy) is 1. The number of nitrogens with zero attached hydrogens (tertiary/aromatic N) is 2. The molecule has 0 aliphatic carbocycles. The minimum absolute atomic E-state index is 0.440. The Kier molecular flexibility index (Phi) is 4.19. The van der Waals surface area contributed by atoms with E-state index in [4.69, 9.17) is 4.74 Å². The van der Waals surface area contributed by atoms with Crippen LogP contribution < -0.4 is 5.32 Å². The topological polar surface area (TPSA) is 27.7 Å². The van der Waals surface area contributed by atoms with Crippen LogP contribution >= 0.6 is 0 Å². The molecule has 3 heterocycles. The van der Waals surface area contributed by atoms with Crippen molar-refractivity contribution in [3.05, 3.63) is 0 Å². The number of piperidine rings is 1. The maximum absolute atomic E-state index is 6.06. The molecule has 0 spiro atoms. The lowest BCUT2D eigenvalue weighted by Crippen LogP contribution is -2.53. The van der Waals surface area contributed by atoms with Gasteiger partial charge in [-0.15, -0.1) is 0 Å². The molecule has 0 aromatic heterocycles. The van der Waals surface area contributed by atoms with Gasteiger partial charge in [0.05, 0.1) is 12.7 Å². The second-order valence-corrected chi connectivity index (χ2v) is 6.13. The zero-order valence-electron chi connectivity index (χ0n) is 11.6. The van der Waals surface area contributed by atoms with Crippen molar-refractivity contribution >= 4 is 0 Å². The van der Waals surface area contributed by atoms with Crippen molar-refractivity contribution in [1.82, 2.24) is 15.1 Å². The molecule has 3 fully saturated rings. The van der Waals surface area contributed by atoms with Crippen molar-refractivity contribution in [2.24, 2.45) is 0 Å². The van der Waals surface area contributed by atoms with Crippen molar-refractivity contribution in [1.29, 1.82) is 0 Å². The van der Waals surface area contributed by atoms with E-state index in [2.05, 4.69) is 22.2 Å². The lowest BCUT2D eigenvalue weighted by Gasteiger charge is -2.39. The summed E-state index contributed by atoms with van der Waals surface area (Å²) < 4.78 is 6.06. The fourth-order valence-corrected chi connectivity index (χ4v) is 3.74. The smallest absolute Gasteiger partial charge is 0.0829 e. The van der Waals surface area contributed by atoms with Gasteiger partial charge >= 0.3 is 0 Å². The number of rotatable bonds is 3. The molecule has 18 heavy (non-hydrogen) atoms. The Morgan fingerprint density at radius 2 is 2.06 bits per heavy atom. The van der Waals surface area contributed by atoms with Gasteiger partial charge in [-0.1, -0.05) is 0 Å². The molecule has 3 aliphatic rings. The molecule has 4 nitrogen and oxygen atoms in total. The summed E-state index contributed by atoms with van der Waals surface area (Å²) in [5.41, 5.74) is 0. The number of likely N-dealkylation sites (tertiary alicyclic amines) is 1. The molecule has 3 saturated heterocycles. The largest absolute Gasteiger partial charge is 0.374 e. The third kappa shape index (κ3) is 2.87. The van der Waals surface area contributed by atoms with Crippen LogP contribution in [0.1, 0.15) is 25.7 Å². The highest BCUT2D eigenvalue weighted by Gasteiger charge is 2.33. The molecule has 4 heteroatoms. The zero-order chi connectivity index (χ0) is 12.4. The molecule has 3 atom stereocenters. The van der Waals surface area contributed by atoms with Gasteiger partial charge in [0.15, 0.2) is 0 Å². The van der Waals surface area contributed by atoms with Crippen LogP contribution in [-0.2, 0) is 4.74 Å². The van der Waals surface area contributed by atoms with Crippen LogP contribution in [0.4, 0.5) is 0 Å². The van der Waals surface area contributed by atoms with Crippen LogP contribution in [0.2, 0.25) is 0 Å². The van der Waals surface area contributed by atoms with Crippen LogP contribution in [0, 0.1) is 0 Å². The number of morpholine rings is 1. The van der Waals surface area contributed by atoms with Crippen molar-refractivity contribution in [2.45, 2.75) is 43.9 Å². The van der Waals surface area contributed by atoms with E-state index in [0.717, 1.165) is 25.7 Å². The Morgan fingerprint density at radius 1 is 1.17 bits per heavy atom. The molecule has 0 amide bonds. The van der Waals surface area contributed by atoms with Gasteiger partial charge in [0, 0.05) is 31.7 Å². The number of fused-ring (bicyclic) bond motifs is 1. The Labute approximate surface area is 111 Å². The number of hydrogen-bond acceptors (Lipinski definition) is 4. The van der Waals surface area contributed by atoms with Gasteiger partial charge in [-0.2, -0.15) is 0 Å². The van der Waals surface area contributed by atoms with Crippen molar-refractivity contribution in [3.8, 4) is 0 Å². The first-order valence-corrected chi connectivity index (χ1v) is 7.60. The molecule has 3 rings (SSSR count). The molecule has 3 aliphatic heterocycles. The molecule has 1 N–H and O–H groups in total. The van der Waals surface area contributed by atoms with Gasteiger partial charge in [-0.05, 0) is 45.8 Å². The summed E-state index contributed by atoms with van der Waals surface area (Å²) in [5, 5.41) is 3.42. The molecule has 104 valence electrons. The Hall–Kier alpha value is -0.160. The van der Waals surface area contributed by atoms with Crippen molar-refractivity contribution in [3.63, 3.8) is 0 Å². The maximum Gasteiger partial charge on any atom is 0.0829 e. The highest BCUT2D eigenvalue weighted by Crippen LogP contribution is 2.23. The molecule has 0 radical (unpaired) electrons. The van der Waals surface area contributed by atoms with Crippen LogP contribution in [0.3, 0.4) is 0 Å². The quantitative estimate of drug-likeness (QED) is 0.794. The Balaban J connectivity index is 1.47. The van der Waals surface area contributed by atoms with Gasteiger partial charge in [0.2, 0.25) is 0 Å². The lowest BCUT2D eigenvalue weighted by atomic mass is 10.1. The standard InChI is InChI=1S/C14H27N3O/c1-15-12-4-2-6-16(8-12)9-14-10-17-7-3-5-13(17)11-18-14/h12-15H,2-11H2,1H3. The minimum Gasteiger partial charge on any atom is -0.374 e. The van der Waals surface area contributed by atoms with Crippen LogP contribution in [-0.4, -0.2) is 74.4 Å². The van der Waals surface area contributed by atoms with E-state index >= 15 is 0 Å². The van der Waals surface area contributed by atoms with E-state index in [0.29, 0.717) is 12.1 Å². The summed E-state index contributed by atoms with van der Waals surface area (Å²) in [6.07, 6.45) is 5.80. The van der Waals surface area contributed by atoms with E-state index in [1.807, 2.05) is 0 Å². The molecule has 0 aromatic carbocycles. The average molecular weight is 253 g/mol. The summed E-state index contributed by atoms with van der Waals surface area (Å²) in [5.74, 6) is 0. The zero-order valence-corrected chi connectivity index (χ0v) is 11.6. The fraction of sp³-hybridized carbons (Fsp3) is 1.00. The van der Waals surface area contributed by atoms with Crippen LogP contribution in [0.5, 0.6) is 0 Å². The van der Waals surface area contributed by atoms with E-state index < -0.39 is 0 Å². The number of nitrogens with one attached hydrogen (secondary N) is 1.